The number of rotatable bonds is 6. The van der Waals surface area contributed by atoms with Crippen molar-refractivity contribution in [3.63, 3.8) is 0 Å². The molecule has 69 heteroatoms. The molecular formula is C66H72F6N24O29P6S4. The molecule has 27 atom stereocenters. The van der Waals surface area contributed by atoms with Crippen molar-refractivity contribution in [3.05, 3.63) is 123 Å². The zero-order chi connectivity index (χ0) is 95.5. The minimum Gasteiger partial charge on any atom is -0.398 e. The number of phosphoric ester groups is 2. The van der Waals surface area contributed by atoms with Crippen LogP contribution in [-0.2, 0) is 132 Å². The molecule has 21 heterocycles. The van der Waals surface area contributed by atoms with E-state index in [0.29, 0.717) is 0 Å². The number of aromatic nitrogens is 18. The van der Waals surface area contributed by atoms with Crippen molar-refractivity contribution < 1.29 is 147 Å². The summed E-state index contributed by atoms with van der Waals surface area (Å²) in [4.78, 5) is 134. The molecule has 53 nitrogen and oxygen atoms in total. The molecule has 6 bridgehead atoms. The Labute approximate surface area is 767 Å². The SMILES string of the molecule is Nc1nc2c(ncn2[C@@H]2O[C@@H]3COP(=O)(S)O[C@H]4C[C@H](n5cc(F)c6c(N)ccnc65)O[C@@H]4COP(=O)(O)O[C@@H]2[C@@H]3F)c(=O)[nH]1.Nc1nc2c(ncn2[C@@H]2O[C@@H]3COP(O)(=S)O[C@H]4C[C@H](n5cc(F)c6c(N)ccnc65)O[C@@H]4COP(=O)(O)O[C@@H]2[C@@H]3F)c(=O)[nH]1.Nc1nc2c(ncn2[C@@H]2O[C@@H]3COP(O)(=S)O[C@H]4C[C@H](n5cc(F)c6c(N)ccnc65)O[C@@H]4COP(O)(=S)O[C@@H]2[C@@H]3F)c(=O)[nH]1. The molecule has 9 aliphatic rings. The molecule has 726 valence electrons. The van der Waals surface area contributed by atoms with Crippen LogP contribution >= 0.6 is 54.8 Å². The Morgan fingerprint density at radius 2 is 0.667 bits per heavy atom. The molecule has 0 radical (unpaired) electrons. The molecule has 12 aromatic rings. The maximum Gasteiger partial charge on any atom is 0.472 e. The van der Waals surface area contributed by atoms with E-state index in [1.807, 2.05) is 0 Å². The number of thiol groups is 1. The Kier molecular flexibility index (Phi) is 25.7. The molecule has 9 fully saturated rings. The van der Waals surface area contributed by atoms with Crippen molar-refractivity contribution in [2.75, 3.05) is 74.0 Å². The third kappa shape index (κ3) is 18.9. The van der Waals surface area contributed by atoms with Gasteiger partial charge in [0.25, 0.3) is 16.7 Å². The van der Waals surface area contributed by atoms with Gasteiger partial charge in [-0.3, -0.25) is 74.7 Å². The number of pyridine rings is 3. The predicted molar refractivity (Wildman–Crippen MR) is 463 cm³/mol. The van der Waals surface area contributed by atoms with Crippen LogP contribution in [0.15, 0.2) is 88.7 Å². The molecule has 9 saturated heterocycles. The second-order valence-electron chi connectivity index (χ2n) is 31.1. The van der Waals surface area contributed by atoms with Crippen LogP contribution in [0.5, 0.6) is 0 Å². The summed E-state index contributed by atoms with van der Waals surface area (Å²) < 4.78 is 240. The van der Waals surface area contributed by atoms with Crippen molar-refractivity contribution >= 4 is 192 Å². The fraction of sp³-hybridized carbons (Fsp3) is 0.455. The largest absolute Gasteiger partial charge is 0.472 e. The number of alkyl halides is 3. The first-order valence-corrected chi connectivity index (χ1v) is 53.0. The summed E-state index contributed by atoms with van der Waals surface area (Å²) in [5, 5.41) is 0.202. The number of hydrogen-bond acceptors (Lipinski definition) is 42. The number of nitrogen functional groups attached to an aromatic ring is 6. The summed E-state index contributed by atoms with van der Waals surface area (Å²) in [6.07, 6.45) is -19.4. The van der Waals surface area contributed by atoms with Crippen molar-refractivity contribution in [3.8, 4) is 0 Å². The van der Waals surface area contributed by atoms with E-state index >= 15 is 13.2 Å². The fourth-order valence-electron chi connectivity index (χ4n) is 16.6. The second kappa shape index (κ2) is 36.3. The normalized spacial score (nSPS) is 36.0. The third-order valence-electron chi connectivity index (χ3n) is 22.5. The fourth-order valence-corrected chi connectivity index (χ4v) is 24.3. The van der Waals surface area contributed by atoms with E-state index in [9.17, 15) is 65.7 Å². The number of H-pyrrole nitrogens is 3. The number of hydrogen-bond donors (Lipinski definition) is 15. The molecule has 12 aromatic heterocycles. The van der Waals surface area contributed by atoms with Gasteiger partial charge in [-0.1, -0.05) is 12.2 Å². The molecule has 135 heavy (non-hydrogen) atoms. The van der Waals surface area contributed by atoms with Crippen LogP contribution in [0.1, 0.15) is 56.6 Å². The second-order valence-corrected chi connectivity index (χ2v) is 45.2. The molecule has 0 amide bonds. The van der Waals surface area contributed by atoms with Gasteiger partial charge >= 0.3 is 42.6 Å². The van der Waals surface area contributed by atoms with E-state index in [4.69, 9.17) is 153 Å². The van der Waals surface area contributed by atoms with E-state index in [1.54, 1.807) is 0 Å². The number of halogens is 6. The van der Waals surface area contributed by atoms with Gasteiger partial charge in [-0.25, -0.2) is 69.9 Å². The first-order chi connectivity index (χ1) is 63.9. The first-order valence-electron chi connectivity index (χ1n) is 39.6. The molecule has 0 aromatic carbocycles. The molecular weight excluding hydrogens is 2020 g/mol. The average Bonchev–Trinajstić information content (AvgIpc) is 1.62. The molecule has 6 unspecified atom stereocenters. The molecule has 21 rings (SSSR count). The number of anilines is 6. The number of nitrogens with zero attached hydrogens (tertiary/aromatic N) is 15. The van der Waals surface area contributed by atoms with Gasteiger partial charge in [0.2, 0.25) is 17.8 Å². The highest BCUT2D eigenvalue weighted by molar-refractivity contribution is 8.44. The number of imidazole rings is 3. The summed E-state index contributed by atoms with van der Waals surface area (Å²) in [5.41, 5.74) is 32.8. The topological polar surface area (TPSA) is 719 Å². The lowest BCUT2D eigenvalue weighted by Gasteiger charge is -2.27. The van der Waals surface area contributed by atoms with Crippen LogP contribution in [0.4, 0.5) is 61.2 Å². The number of fused-ring (bicyclic) bond motifs is 15. The molecule has 20 N–H and O–H groups in total. The zero-order valence-corrected chi connectivity index (χ0v) is 76.5. The Hall–Kier alpha value is -8.43. The lowest BCUT2D eigenvalue weighted by molar-refractivity contribution is -0.0639. The molecule has 9 aliphatic heterocycles. The monoisotopic (exact) mass is 2090 g/mol. The van der Waals surface area contributed by atoms with Crippen LogP contribution < -0.4 is 51.1 Å². The Morgan fingerprint density at radius 1 is 0.378 bits per heavy atom. The number of aromatic amines is 3. The molecule has 0 saturated carbocycles. The summed E-state index contributed by atoms with van der Waals surface area (Å²) in [7, 11) is -10.2. The average molecular weight is 2090 g/mol. The van der Waals surface area contributed by atoms with Crippen LogP contribution in [0.2, 0.25) is 0 Å². The summed E-state index contributed by atoms with van der Waals surface area (Å²) in [6, 6.07) is 4.31. The van der Waals surface area contributed by atoms with E-state index < -0.39 is 245 Å². The minimum atomic E-state index is -5.10. The van der Waals surface area contributed by atoms with Gasteiger partial charge in [0.05, 0.1) is 87.0 Å². The third-order valence-corrected chi connectivity index (χ3v) is 30.9. The number of ether oxygens (including phenoxy) is 6. The summed E-state index contributed by atoms with van der Waals surface area (Å²) in [6.45, 7) is -20.6. The minimum absolute atomic E-state index is 0.00449. The van der Waals surface area contributed by atoms with Gasteiger partial charge < -0.3 is 124 Å². The quantitative estimate of drug-likeness (QED) is 0.0626. The summed E-state index contributed by atoms with van der Waals surface area (Å²) in [5.74, 6) is -2.77. The highest BCUT2D eigenvalue weighted by Gasteiger charge is 2.57. The zero-order valence-electron chi connectivity index (χ0n) is 67.7. The van der Waals surface area contributed by atoms with E-state index in [2.05, 4.69) is 72.1 Å². The highest BCUT2D eigenvalue weighted by Crippen LogP contribution is 2.61. The number of nitrogens with one attached hydrogen (secondary N) is 3. The number of phosphoric acid groups is 2. The van der Waals surface area contributed by atoms with Gasteiger partial charge in [-0.05, 0) is 53.6 Å². The van der Waals surface area contributed by atoms with E-state index in [1.165, 1.54) is 55.1 Å². The smallest absolute Gasteiger partial charge is 0.398 e. The van der Waals surface area contributed by atoms with Gasteiger partial charge in [-0.2, -0.15) is 15.0 Å². The van der Waals surface area contributed by atoms with Gasteiger partial charge in [0, 0.05) is 73.5 Å². The van der Waals surface area contributed by atoms with Gasteiger partial charge in [0.15, 0.2) is 88.1 Å². The van der Waals surface area contributed by atoms with Crippen LogP contribution in [0, 0.1) is 17.5 Å². The van der Waals surface area contributed by atoms with Crippen molar-refractivity contribution in [1.82, 2.24) is 87.2 Å². The van der Waals surface area contributed by atoms with Gasteiger partial charge in [-0.15, -0.1) is 0 Å². The van der Waals surface area contributed by atoms with Crippen LogP contribution in [0.25, 0.3) is 66.6 Å². The van der Waals surface area contributed by atoms with Crippen LogP contribution in [-0.4, -0.2) is 243 Å². The molecule has 0 aliphatic carbocycles. The predicted octanol–water partition coefficient (Wildman–Crippen LogP) is 4.33. The van der Waals surface area contributed by atoms with Crippen molar-refractivity contribution in [1.29, 1.82) is 0 Å². The van der Waals surface area contributed by atoms with E-state index in [0.717, 1.165) is 46.7 Å². The standard InChI is InChI=1S/2C22H24F2N8O10P2S.C22H24F2N8O9P2S2/c2*23-8-4-31(18-14(8)9(25)1-2-27-18)13-3-10-11(39-13)5-37-43(34,35)42-17-15(24)12(6-38-44(36,45)41-10)40-21(17)32-7-28-16-19(32)29-22(26)30-20(16)33;23-8-4-31(18-14(8)9(25)1-2-27-18)13-3-10-11(38-13)5-36-43(35,45)41-17-15(24)12(6-37-42(34,44)40-10)39-21(17)32-7-28-16-19(32)29-22(26)30-20(16)33/h2*1-2,4,7,10-13,15,17,21H,3,5-6H2,(H2,25,27)(H,34,35)(H,36,45)(H3,26,29,30,33);1-2,4,7,10-13,15,17,21H,3,5-6H2,(H2,25,27)(H,34,44)(H,35,45)(H3,26,29,30,33)/t2*10-,11+,12+,13+,15+,17+,21+,44?;10-,11+,12+,13+,15+,17+,21+,42?,43?/m000/s1. The Morgan fingerprint density at radius 3 is 1.00 bits per heavy atom. The Balaban J connectivity index is 0.000000130. The summed E-state index contributed by atoms with van der Waals surface area (Å²) >= 11 is 19.6. The Bertz CT molecular complexity index is 6540. The molecule has 0 spiro atoms. The maximum atomic E-state index is 15.9. The van der Waals surface area contributed by atoms with Gasteiger partial charge in [0.1, 0.15) is 96.7 Å². The van der Waals surface area contributed by atoms with Crippen molar-refractivity contribution in [2.24, 2.45) is 0 Å². The lowest BCUT2D eigenvalue weighted by Crippen LogP contribution is -2.32. The maximum absolute atomic E-state index is 15.9. The van der Waals surface area contributed by atoms with Crippen LogP contribution in [0.3, 0.4) is 0 Å². The highest BCUT2D eigenvalue weighted by atomic mass is 32.7. The van der Waals surface area contributed by atoms with E-state index in [-0.39, 0.29) is 121 Å². The number of nitrogens with two attached hydrogens (primary N) is 6. The van der Waals surface area contributed by atoms with Crippen molar-refractivity contribution in [2.45, 2.75) is 148 Å². The first kappa shape index (κ1) is 95.5. The lowest BCUT2D eigenvalue weighted by atomic mass is 10.1.